The molecule has 0 N–H and O–H groups in total. The van der Waals surface area contributed by atoms with E-state index in [2.05, 4.69) is 16.0 Å². The van der Waals surface area contributed by atoms with E-state index in [1.807, 2.05) is 26.0 Å². The van der Waals surface area contributed by atoms with Gasteiger partial charge >= 0.3 is 5.97 Å². The molecule has 1 aromatic heterocycles. The van der Waals surface area contributed by atoms with E-state index in [9.17, 15) is 4.79 Å². The molecule has 104 valence electrons. The lowest BCUT2D eigenvalue weighted by Gasteiger charge is -2.30. The molecule has 0 unspecified atom stereocenters. The Morgan fingerprint density at radius 2 is 2.16 bits per heavy atom. The van der Waals surface area contributed by atoms with Gasteiger partial charge in [0.25, 0.3) is 0 Å². The number of pyridine rings is 1. The van der Waals surface area contributed by atoms with Crippen molar-refractivity contribution in [1.29, 1.82) is 0 Å². The molecule has 0 saturated carbocycles. The van der Waals surface area contributed by atoms with Gasteiger partial charge in [-0.3, -0.25) is 14.7 Å². The first-order valence-electron chi connectivity index (χ1n) is 7.00. The number of rotatable bonds is 4. The number of carbonyl (C=O) groups excluding carboxylic acids is 1. The topological polar surface area (TPSA) is 42.4 Å². The van der Waals surface area contributed by atoms with Gasteiger partial charge in [-0.1, -0.05) is 6.07 Å². The number of aromatic nitrogens is 1. The molecule has 2 heterocycles. The summed E-state index contributed by atoms with van der Waals surface area (Å²) in [5.41, 5.74) is 2.16. The smallest absolute Gasteiger partial charge is 0.309 e. The van der Waals surface area contributed by atoms with Crippen molar-refractivity contribution in [1.82, 2.24) is 9.88 Å². The van der Waals surface area contributed by atoms with Crippen molar-refractivity contribution in [2.75, 3.05) is 19.7 Å². The maximum Gasteiger partial charge on any atom is 0.309 e. The Kier molecular flexibility index (Phi) is 4.91. The van der Waals surface area contributed by atoms with Crippen LogP contribution in [0.5, 0.6) is 0 Å². The third-order valence-electron chi connectivity index (χ3n) is 3.54. The lowest BCUT2D eigenvalue weighted by molar-refractivity contribution is -0.149. The number of likely N-dealkylation sites (tertiary alicyclic amines) is 1. The van der Waals surface area contributed by atoms with E-state index >= 15 is 0 Å². The lowest BCUT2D eigenvalue weighted by Crippen LogP contribution is -2.36. The Morgan fingerprint density at radius 1 is 1.42 bits per heavy atom. The normalized spacial score (nSPS) is 17.4. The number of hydrogen-bond donors (Lipinski definition) is 0. The Hall–Kier alpha value is -1.42. The first kappa shape index (κ1) is 14.0. The summed E-state index contributed by atoms with van der Waals surface area (Å²) in [6.45, 7) is 7.11. The van der Waals surface area contributed by atoms with Crippen LogP contribution in [0.25, 0.3) is 0 Å². The van der Waals surface area contributed by atoms with Crippen LogP contribution in [0.3, 0.4) is 0 Å². The molecule has 1 aliphatic rings. The van der Waals surface area contributed by atoms with E-state index in [4.69, 9.17) is 4.74 Å². The predicted molar refractivity (Wildman–Crippen MR) is 73.6 cm³/mol. The van der Waals surface area contributed by atoms with Crippen molar-refractivity contribution in [3.8, 4) is 0 Å². The molecule has 1 aliphatic heterocycles. The largest absolute Gasteiger partial charge is 0.466 e. The quantitative estimate of drug-likeness (QED) is 0.780. The molecule has 0 aliphatic carbocycles. The zero-order chi connectivity index (χ0) is 13.7. The average Bonchev–Trinajstić information content (AvgIpc) is 2.40. The molecule has 1 fully saturated rings. The Bertz CT molecular complexity index is 426. The minimum atomic E-state index is -0.0316. The minimum Gasteiger partial charge on any atom is -0.466 e. The van der Waals surface area contributed by atoms with Crippen LogP contribution in [0.15, 0.2) is 18.2 Å². The van der Waals surface area contributed by atoms with Gasteiger partial charge in [0.05, 0.1) is 18.2 Å². The van der Waals surface area contributed by atoms with E-state index in [1.165, 1.54) is 0 Å². The van der Waals surface area contributed by atoms with Gasteiger partial charge in [-0.05, 0) is 51.9 Å². The molecule has 0 aromatic carbocycles. The van der Waals surface area contributed by atoms with Gasteiger partial charge in [0.1, 0.15) is 0 Å². The summed E-state index contributed by atoms with van der Waals surface area (Å²) in [7, 11) is 0. The molecule has 0 amide bonds. The number of nitrogens with zero attached hydrogens (tertiary/aromatic N) is 2. The lowest BCUT2D eigenvalue weighted by atomic mass is 9.97. The summed E-state index contributed by atoms with van der Waals surface area (Å²) in [4.78, 5) is 18.5. The second-order valence-corrected chi connectivity index (χ2v) is 5.07. The van der Waals surface area contributed by atoms with Crippen molar-refractivity contribution < 1.29 is 9.53 Å². The average molecular weight is 262 g/mol. The van der Waals surface area contributed by atoms with Crippen LogP contribution in [0, 0.1) is 12.8 Å². The number of esters is 1. The Labute approximate surface area is 114 Å². The summed E-state index contributed by atoms with van der Waals surface area (Å²) >= 11 is 0. The van der Waals surface area contributed by atoms with Gasteiger partial charge in [-0.15, -0.1) is 0 Å². The summed E-state index contributed by atoms with van der Waals surface area (Å²) in [6, 6.07) is 6.12. The molecule has 0 atom stereocenters. The number of hydrogen-bond acceptors (Lipinski definition) is 4. The number of piperidine rings is 1. The summed E-state index contributed by atoms with van der Waals surface area (Å²) < 4.78 is 5.08. The van der Waals surface area contributed by atoms with Crippen LogP contribution >= 0.6 is 0 Å². The fourth-order valence-corrected chi connectivity index (χ4v) is 2.50. The highest BCUT2D eigenvalue weighted by Gasteiger charge is 2.25. The van der Waals surface area contributed by atoms with Crippen molar-refractivity contribution in [2.45, 2.75) is 33.2 Å². The number of ether oxygens (including phenoxy) is 1. The first-order valence-corrected chi connectivity index (χ1v) is 7.00. The van der Waals surface area contributed by atoms with E-state index in [0.29, 0.717) is 6.61 Å². The van der Waals surface area contributed by atoms with E-state index in [0.717, 1.165) is 43.9 Å². The van der Waals surface area contributed by atoms with E-state index in [1.54, 1.807) is 0 Å². The third kappa shape index (κ3) is 4.03. The molecular formula is C15H22N2O2. The van der Waals surface area contributed by atoms with Crippen LogP contribution in [0.1, 0.15) is 31.2 Å². The van der Waals surface area contributed by atoms with Crippen molar-refractivity contribution in [3.63, 3.8) is 0 Å². The van der Waals surface area contributed by atoms with Gasteiger partial charge in [-0.25, -0.2) is 0 Å². The summed E-state index contributed by atoms with van der Waals surface area (Å²) in [5.74, 6) is 0.0532. The molecule has 4 nitrogen and oxygen atoms in total. The van der Waals surface area contributed by atoms with Crippen molar-refractivity contribution in [3.05, 3.63) is 29.6 Å². The molecule has 2 rings (SSSR count). The number of carbonyl (C=O) groups is 1. The molecule has 19 heavy (non-hydrogen) atoms. The zero-order valence-electron chi connectivity index (χ0n) is 11.8. The molecule has 0 radical (unpaired) electrons. The molecule has 1 saturated heterocycles. The van der Waals surface area contributed by atoms with E-state index < -0.39 is 0 Å². The van der Waals surface area contributed by atoms with Crippen LogP contribution in [0.2, 0.25) is 0 Å². The van der Waals surface area contributed by atoms with Crippen LogP contribution < -0.4 is 0 Å². The highest BCUT2D eigenvalue weighted by molar-refractivity contribution is 5.72. The summed E-state index contributed by atoms with van der Waals surface area (Å²) in [5, 5.41) is 0. The molecule has 1 aromatic rings. The van der Waals surface area contributed by atoms with Gasteiger partial charge in [0.15, 0.2) is 0 Å². The highest BCUT2D eigenvalue weighted by Crippen LogP contribution is 2.19. The maximum absolute atomic E-state index is 11.7. The maximum atomic E-state index is 11.7. The van der Waals surface area contributed by atoms with Crippen molar-refractivity contribution in [2.24, 2.45) is 5.92 Å². The zero-order valence-corrected chi connectivity index (χ0v) is 11.8. The fraction of sp³-hybridized carbons (Fsp3) is 0.600. The Balaban J connectivity index is 1.82. The van der Waals surface area contributed by atoms with E-state index in [-0.39, 0.29) is 11.9 Å². The number of aryl methyl sites for hydroxylation is 1. The third-order valence-corrected chi connectivity index (χ3v) is 3.54. The van der Waals surface area contributed by atoms with Crippen LogP contribution in [-0.2, 0) is 16.1 Å². The monoisotopic (exact) mass is 262 g/mol. The summed E-state index contributed by atoms with van der Waals surface area (Å²) in [6.07, 6.45) is 1.79. The highest BCUT2D eigenvalue weighted by atomic mass is 16.5. The second-order valence-electron chi connectivity index (χ2n) is 5.07. The molecular weight excluding hydrogens is 240 g/mol. The fourth-order valence-electron chi connectivity index (χ4n) is 2.50. The minimum absolute atomic E-state index is 0.0316. The van der Waals surface area contributed by atoms with Crippen LogP contribution in [-0.4, -0.2) is 35.5 Å². The molecule has 0 spiro atoms. The van der Waals surface area contributed by atoms with Gasteiger partial charge in [-0.2, -0.15) is 0 Å². The van der Waals surface area contributed by atoms with Crippen molar-refractivity contribution >= 4 is 5.97 Å². The standard InChI is InChI=1S/C15H22N2O2/c1-3-19-15(18)13-7-9-17(10-8-13)11-14-6-4-5-12(2)16-14/h4-6,13H,3,7-11H2,1-2H3. The SMILES string of the molecule is CCOC(=O)C1CCN(Cc2cccc(C)n2)CC1. The van der Waals surface area contributed by atoms with Gasteiger partial charge < -0.3 is 4.74 Å². The second kappa shape index (κ2) is 6.66. The molecule has 0 bridgehead atoms. The first-order chi connectivity index (χ1) is 9.19. The van der Waals surface area contributed by atoms with Gasteiger partial charge in [0.2, 0.25) is 0 Å². The van der Waals surface area contributed by atoms with Crippen LogP contribution in [0.4, 0.5) is 0 Å². The predicted octanol–water partition coefficient (Wildman–Crippen LogP) is 2.17. The van der Waals surface area contributed by atoms with Gasteiger partial charge in [0, 0.05) is 12.2 Å². The Morgan fingerprint density at radius 3 is 2.79 bits per heavy atom. The molecule has 4 heteroatoms.